The number of hydrogen-bond donors (Lipinski definition) is 1. The Morgan fingerprint density at radius 1 is 0.914 bits per heavy atom. The van der Waals surface area contributed by atoms with Gasteiger partial charge in [0.2, 0.25) is 5.95 Å². The van der Waals surface area contributed by atoms with Crippen molar-refractivity contribution in [1.29, 1.82) is 0 Å². The second-order valence-electron chi connectivity index (χ2n) is 9.01. The van der Waals surface area contributed by atoms with Crippen molar-refractivity contribution in [1.82, 2.24) is 9.55 Å². The van der Waals surface area contributed by atoms with Crippen LogP contribution in [0.5, 0.6) is 5.75 Å². The van der Waals surface area contributed by atoms with Gasteiger partial charge >= 0.3 is 0 Å². The highest BCUT2D eigenvalue weighted by atomic mass is 16.5. The zero-order valence-electron chi connectivity index (χ0n) is 20.0. The van der Waals surface area contributed by atoms with Crippen molar-refractivity contribution in [2.45, 2.75) is 25.9 Å². The smallest absolute Gasteiger partial charge is 0.293 e. The average molecular weight is 466 g/mol. The van der Waals surface area contributed by atoms with Crippen LogP contribution in [0.25, 0.3) is 11.0 Å². The number of rotatable bonds is 7. The fraction of sp³-hybridized carbons (Fsp3) is 0.172. The first-order valence-electron chi connectivity index (χ1n) is 11.5. The van der Waals surface area contributed by atoms with Gasteiger partial charge in [0.05, 0.1) is 11.0 Å². The molecule has 0 saturated heterocycles. The van der Waals surface area contributed by atoms with E-state index in [9.17, 15) is 4.79 Å². The van der Waals surface area contributed by atoms with Crippen molar-refractivity contribution in [3.8, 4) is 5.75 Å². The third-order valence-corrected chi connectivity index (χ3v) is 6.35. The zero-order valence-corrected chi connectivity index (χ0v) is 20.0. The van der Waals surface area contributed by atoms with Crippen LogP contribution in [0.4, 0.5) is 5.95 Å². The van der Waals surface area contributed by atoms with Crippen molar-refractivity contribution < 1.29 is 13.9 Å². The quantitative estimate of drug-likeness (QED) is 0.305. The van der Waals surface area contributed by atoms with E-state index in [1.54, 1.807) is 12.1 Å². The number of carbonyl (C=O) groups excluding carboxylic acids is 1. The minimum Gasteiger partial charge on any atom is -0.486 e. The maximum absolute atomic E-state index is 12.7. The number of nitrogens with one attached hydrogen (secondary N) is 1. The second-order valence-corrected chi connectivity index (χ2v) is 9.01. The largest absolute Gasteiger partial charge is 0.486 e. The van der Waals surface area contributed by atoms with Gasteiger partial charge in [-0.1, -0.05) is 68.4 Å². The molecule has 0 atom stereocenters. The lowest BCUT2D eigenvalue weighted by atomic mass is 9.78. The molecule has 0 aliphatic carbocycles. The number of amides is 1. The minimum absolute atomic E-state index is 0.109. The molecule has 5 aromatic rings. The number of aryl methyl sites for hydroxylation is 1. The van der Waals surface area contributed by atoms with Gasteiger partial charge in [0, 0.05) is 12.5 Å². The normalized spacial score (nSPS) is 11.5. The van der Waals surface area contributed by atoms with Crippen LogP contribution in [0, 0.1) is 0 Å². The van der Waals surface area contributed by atoms with Gasteiger partial charge in [-0.2, -0.15) is 0 Å². The lowest BCUT2D eigenvalue weighted by Gasteiger charge is -2.26. The molecule has 2 heterocycles. The number of nitrogens with zero attached hydrogens (tertiary/aromatic N) is 2. The fourth-order valence-electron chi connectivity index (χ4n) is 4.14. The molecule has 35 heavy (non-hydrogen) atoms. The lowest BCUT2D eigenvalue weighted by Crippen LogP contribution is -2.18. The van der Waals surface area contributed by atoms with Gasteiger partial charge in [-0.3, -0.25) is 10.1 Å². The van der Waals surface area contributed by atoms with E-state index in [1.165, 1.54) is 11.1 Å². The fourth-order valence-corrected chi connectivity index (χ4v) is 4.14. The summed E-state index contributed by atoms with van der Waals surface area (Å²) in [4.78, 5) is 17.1. The van der Waals surface area contributed by atoms with Crippen molar-refractivity contribution >= 4 is 22.9 Å². The van der Waals surface area contributed by atoms with Gasteiger partial charge in [0.15, 0.2) is 5.76 Å². The van der Waals surface area contributed by atoms with Crippen LogP contribution in [0.1, 0.15) is 41.3 Å². The van der Waals surface area contributed by atoms with E-state index in [2.05, 4.69) is 60.5 Å². The Kier molecular flexibility index (Phi) is 5.87. The maximum Gasteiger partial charge on any atom is 0.293 e. The summed E-state index contributed by atoms with van der Waals surface area (Å²) in [5.41, 5.74) is 4.11. The number of ether oxygens (including phenoxy) is 1. The van der Waals surface area contributed by atoms with Crippen molar-refractivity contribution in [2.75, 3.05) is 5.32 Å². The first-order valence-corrected chi connectivity index (χ1v) is 11.5. The van der Waals surface area contributed by atoms with Gasteiger partial charge in [0.25, 0.3) is 5.91 Å². The molecule has 0 radical (unpaired) electrons. The predicted molar refractivity (Wildman–Crippen MR) is 137 cm³/mol. The molecule has 0 fully saturated rings. The highest BCUT2D eigenvalue weighted by molar-refractivity contribution is 6.02. The topological polar surface area (TPSA) is 69.3 Å². The van der Waals surface area contributed by atoms with E-state index in [0.29, 0.717) is 11.7 Å². The van der Waals surface area contributed by atoms with E-state index < -0.39 is 0 Å². The molecule has 0 spiro atoms. The van der Waals surface area contributed by atoms with Crippen LogP contribution in [0.3, 0.4) is 0 Å². The molecule has 176 valence electrons. The highest BCUT2D eigenvalue weighted by Crippen LogP contribution is 2.32. The minimum atomic E-state index is -0.359. The number of hydrogen-bond acceptors (Lipinski definition) is 4. The van der Waals surface area contributed by atoms with Gasteiger partial charge in [-0.25, -0.2) is 4.98 Å². The second kappa shape index (κ2) is 9.14. The molecule has 0 aliphatic heterocycles. The number of anilines is 1. The Balaban J connectivity index is 1.21. The number of para-hydroxylation sites is 2. The molecule has 0 aliphatic rings. The predicted octanol–water partition coefficient (Wildman–Crippen LogP) is 6.32. The molecule has 5 rings (SSSR count). The van der Waals surface area contributed by atoms with Crippen LogP contribution in [0.2, 0.25) is 0 Å². The summed E-state index contributed by atoms with van der Waals surface area (Å²) in [5, 5.41) is 2.82. The Bertz CT molecular complexity index is 1460. The van der Waals surface area contributed by atoms with Gasteiger partial charge in [-0.05, 0) is 47.5 Å². The SMILES string of the molecule is Cn1c(NC(=O)c2ccc(COc3ccc(C(C)(C)c4ccccc4)cc3)o2)nc2ccccc21. The first kappa shape index (κ1) is 22.5. The molecule has 6 heteroatoms. The molecule has 0 saturated carbocycles. The Labute approximate surface area is 204 Å². The Hall–Kier alpha value is -4.32. The van der Waals surface area contributed by atoms with Crippen molar-refractivity contribution in [3.63, 3.8) is 0 Å². The zero-order chi connectivity index (χ0) is 24.4. The van der Waals surface area contributed by atoms with Gasteiger partial charge in [0.1, 0.15) is 18.1 Å². The third kappa shape index (κ3) is 4.55. The maximum atomic E-state index is 12.7. The highest BCUT2D eigenvalue weighted by Gasteiger charge is 2.22. The summed E-state index contributed by atoms with van der Waals surface area (Å²) >= 11 is 0. The van der Waals surface area contributed by atoms with E-state index in [0.717, 1.165) is 16.8 Å². The molecule has 2 aromatic heterocycles. The third-order valence-electron chi connectivity index (χ3n) is 6.35. The van der Waals surface area contributed by atoms with Crippen LogP contribution in [0.15, 0.2) is 95.4 Å². The first-order chi connectivity index (χ1) is 16.9. The monoisotopic (exact) mass is 465 g/mol. The standard InChI is InChI=1S/C29H27N3O3/c1-29(2,20-9-5-4-6-10-20)21-13-15-22(16-14-21)34-19-23-17-18-26(35-23)27(33)31-28-30-24-11-7-8-12-25(24)32(28)3/h4-18H,19H2,1-3H3,(H,30,31,33). The lowest BCUT2D eigenvalue weighted by molar-refractivity contribution is 0.0991. The summed E-state index contributed by atoms with van der Waals surface area (Å²) in [6, 6.07) is 29.6. The summed E-state index contributed by atoms with van der Waals surface area (Å²) in [5.74, 6) is 1.61. The van der Waals surface area contributed by atoms with Crippen molar-refractivity contribution in [3.05, 3.63) is 114 Å². The molecule has 3 aromatic carbocycles. The van der Waals surface area contributed by atoms with Gasteiger partial charge in [-0.15, -0.1) is 0 Å². The summed E-state index contributed by atoms with van der Waals surface area (Å²) in [6.45, 7) is 4.64. The number of furan rings is 1. The number of aromatic nitrogens is 2. The van der Waals surface area contributed by atoms with Crippen molar-refractivity contribution in [2.24, 2.45) is 7.05 Å². The Morgan fingerprint density at radius 2 is 1.60 bits per heavy atom. The van der Waals surface area contributed by atoms with E-state index in [1.807, 2.05) is 54.1 Å². The molecular formula is C29H27N3O3. The number of fused-ring (bicyclic) bond motifs is 1. The average Bonchev–Trinajstić information content (AvgIpc) is 3.48. The molecule has 1 amide bonds. The summed E-state index contributed by atoms with van der Waals surface area (Å²) in [6.07, 6.45) is 0. The van der Waals surface area contributed by atoms with E-state index in [4.69, 9.17) is 9.15 Å². The molecule has 1 N–H and O–H groups in total. The molecular weight excluding hydrogens is 438 g/mol. The Morgan fingerprint density at radius 3 is 2.34 bits per heavy atom. The number of benzene rings is 3. The summed E-state index contributed by atoms with van der Waals surface area (Å²) in [7, 11) is 1.86. The number of carbonyl (C=O) groups is 1. The van der Waals surface area contributed by atoms with E-state index in [-0.39, 0.29) is 23.7 Å². The number of imidazole rings is 1. The molecule has 0 bridgehead atoms. The van der Waals surface area contributed by atoms with Crippen LogP contribution < -0.4 is 10.1 Å². The van der Waals surface area contributed by atoms with Crippen LogP contribution in [-0.4, -0.2) is 15.5 Å². The summed E-state index contributed by atoms with van der Waals surface area (Å²) < 4.78 is 13.4. The molecule has 0 unspecified atom stereocenters. The van der Waals surface area contributed by atoms with Gasteiger partial charge < -0.3 is 13.7 Å². The van der Waals surface area contributed by atoms with E-state index >= 15 is 0 Å². The van der Waals surface area contributed by atoms with Crippen LogP contribution >= 0.6 is 0 Å². The van der Waals surface area contributed by atoms with Crippen LogP contribution in [-0.2, 0) is 19.1 Å². The molecule has 6 nitrogen and oxygen atoms in total.